The summed E-state index contributed by atoms with van der Waals surface area (Å²) < 4.78 is 2.27. The summed E-state index contributed by atoms with van der Waals surface area (Å²) in [6.45, 7) is 5.11. The van der Waals surface area contributed by atoms with E-state index in [1.807, 2.05) is 37.3 Å². The van der Waals surface area contributed by atoms with Gasteiger partial charge in [0.15, 0.2) is 0 Å². The maximum absolute atomic E-state index is 12.9. The van der Waals surface area contributed by atoms with Gasteiger partial charge in [-0.05, 0) is 38.0 Å². The summed E-state index contributed by atoms with van der Waals surface area (Å²) in [4.78, 5) is 42.2. The summed E-state index contributed by atoms with van der Waals surface area (Å²) in [7, 11) is 1.55. The number of aryl methyl sites for hydroxylation is 3. The third kappa shape index (κ3) is 3.53. The first-order valence-electron chi connectivity index (χ1n) is 8.71. The Morgan fingerprint density at radius 1 is 1.19 bits per heavy atom. The lowest BCUT2D eigenvalue weighted by molar-refractivity contribution is -0.122. The van der Waals surface area contributed by atoms with Crippen LogP contribution in [0.4, 0.5) is 0 Å². The van der Waals surface area contributed by atoms with Crippen LogP contribution in [0.25, 0.3) is 11.0 Å². The number of rotatable bonds is 4. The molecule has 0 aliphatic carbocycles. The van der Waals surface area contributed by atoms with E-state index in [4.69, 9.17) is 0 Å². The van der Waals surface area contributed by atoms with E-state index in [9.17, 15) is 14.4 Å². The smallest absolute Gasteiger partial charge is 0.332 e. The van der Waals surface area contributed by atoms with Crippen molar-refractivity contribution in [2.75, 3.05) is 0 Å². The molecule has 1 N–H and O–H groups in total. The second-order valence-corrected chi connectivity index (χ2v) is 6.71. The minimum Gasteiger partial charge on any atom is -0.348 e. The highest BCUT2D eigenvalue weighted by molar-refractivity contribution is 5.79. The lowest BCUT2D eigenvalue weighted by Gasteiger charge is -2.16. The van der Waals surface area contributed by atoms with Gasteiger partial charge in [-0.25, -0.2) is 9.78 Å². The molecule has 0 aliphatic heterocycles. The molecule has 0 spiro atoms. The average molecular weight is 366 g/mol. The Morgan fingerprint density at radius 2 is 1.85 bits per heavy atom. The van der Waals surface area contributed by atoms with Crippen molar-refractivity contribution in [2.24, 2.45) is 7.05 Å². The van der Waals surface area contributed by atoms with Gasteiger partial charge in [-0.3, -0.25) is 18.7 Å². The molecule has 0 fully saturated rings. The summed E-state index contributed by atoms with van der Waals surface area (Å²) in [5.74, 6) is -0.400. The molecule has 1 aromatic carbocycles. The number of carbonyl (C=O) groups is 1. The van der Waals surface area contributed by atoms with Crippen molar-refractivity contribution in [2.45, 2.75) is 33.4 Å². The molecule has 3 rings (SSSR count). The molecule has 7 nitrogen and oxygen atoms in total. The second kappa shape index (κ2) is 7.19. The molecular formula is C20H22N4O3. The summed E-state index contributed by atoms with van der Waals surface area (Å²) in [5.41, 5.74) is 1.66. The van der Waals surface area contributed by atoms with Crippen LogP contribution in [0.1, 0.15) is 29.8 Å². The van der Waals surface area contributed by atoms with Gasteiger partial charge >= 0.3 is 5.69 Å². The fourth-order valence-corrected chi connectivity index (χ4v) is 3.21. The van der Waals surface area contributed by atoms with Gasteiger partial charge in [-0.1, -0.05) is 30.3 Å². The lowest BCUT2D eigenvalue weighted by Crippen LogP contribution is -2.44. The third-order valence-electron chi connectivity index (χ3n) is 4.60. The predicted octanol–water partition coefficient (Wildman–Crippen LogP) is 1.59. The summed E-state index contributed by atoms with van der Waals surface area (Å²) in [5, 5.41) is 3.18. The number of nitrogens with one attached hydrogen (secondary N) is 1. The SMILES string of the molecule is Cc1cc(C)c2c(=O)n(CC(=O)NC(C)c3ccccc3)c(=O)n(C)c2n1. The molecule has 27 heavy (non-hydrogen) atoms. The van der Waals surface area contributed by atoms with Gasteiger partial charge in [0.05, 0.1) is 11.4 Å². The number of pyridine rings is 1. The van der Waals surface area contributed by atoms with Gasteiger partial charge in [0.1, 0.15) is 12.2 Å². The van der Waals surface area contributed by atoms with Crippen LogP contribution >= 0.6 is 0 Å². The molecule has 0 saturated carbocycles. The molecule has 2 aromatic heterocycles. The van der Waals surface area contributed by atoms with E-state index < -0.39 is 17.2 Å². The van der Waals surface area contributed by atoms with Crippen LogP contribution < -0.4 is 16.6 Å². The number of benzene rings is 1. The van der Waals surface area contributed by atoms with Gasteiger partial charge in [0, 0.05) is 12.7 Å². The summed E-state index contributed by atoms with van der Waals surface area (Å²) >= 11 is 0. The monoisotopic (exact) mass is 366 g/mol. The molecule has 0 radical (unpaired) electrons. The Morgan fingerprint density at radius 3 is 2.52 bits per heavy atom. The van der Waals surface area contributed by atoms with Crippen molar-refractivity contribution in [1.29, 1.82) is 0 Å². The highest BCUT2D eigenvalue weighted by Crippen LogP contribution is 2.13. The van der Waals surface area contributed by atoms with E-state index in [1.165, 1.54) is 4.57 Å². The quantitative estimate of drug-likeness (QED) is 0.760. The highest BCUT2D eigenvalue weighted by atomic mass is 16.2. The molecule has 2 heterocycles. The minimum atomic E-state index is -0.562. The number of amides is 1. The van der Waals surface area contributed by atoms with Crippen molar-refractivity contribution in [3.8, 4) is 0 Å². The normalized spacial score (nSPS) is 12.1. The first kappa shape index (κ1) is 18.6. The first-order valence-corrected chi connectivity index (χ1v) is 8.71. The highest BCUT2D eigenvalue weighted by Gasteiger charge is 2.17. The van der Waals surface area contributed by atoms with E-state index >= 15 is 0 Å². The molecule has 1 atom stereocenters. The van der Waals surface area contributed by atoms with Crippen LogP contribution in [-0.4, -0.2) is 20.0 Å². The average Bonchev–Trinajstić information content (AvgIpc) is 2.63. The Bertz CT molecular complexity index is 1130. The van der Waals surface area contributed by atoms with Crippen molar-refractivity contribution in [3.63, 3.8) is 0 Å². The Hall–Kier alpha value is -3.22. The first-order chi connectivity index (χ1) is 12.8. The molecule has 1 amide bonds. The zero-order valence-electron chi connectivity index (χ0n) is 15.8. The van der Waals surface area contributed by atoms with Crippen molar-refractivity contribution >= 4 is 16.9 Å². The molecule has 0 aliphatic rings. The van der Waals surface area contributed by atoms with Crippen molar-refractivity contribution in [1.82, 2.24) is 19.4 Å². The van der Waals surface area contributed by atoms with Gasteiger partial charge in [0.25, 0.3) is 5.56 Å². The van der Waals surface area contributed by atoms with Crippen molar-refractivity contribution < 1.29 is 4.79 Å². The van der Waals surface area contributed by atoms with E-state index in [0.29, 0.717) is 11.0 Å². The van der Waals surface area contributed by atoms with E-state index in [0.717, 1.165) is 21.4 Å². The fraction of sp³-hybridized carbons (Fsp3) is 0.300. The maximum Gasteiger partial charge on any atom is 0.332 e. The number of aromatic nitrogens is 3. The van der Waals surface area contributed by atoms with E-state index in [1.54, 1.807) is 27.0 Å². The van der Waals surface area contributed by atoms with Gasteiger partial charge < -0.3 is 5.32 Å². The Labute approximate surface area is 156 Å². The second-order valence-electron chi connectivity index (χ2n) is 6.71. The third-order valence-corrected chi connectivity index (χ3v) is 4.60. The molecule has 3 aromatic rings. The summed E-state index contributed by atoms with van der Waals surface area (Å²) in [6.07, 6.45) is 0. The van der Waals surface area contributed by atoms with Crippen LogP contribution in [0.2, 0.25) is 0 Å². The number of fused-ring (bicyclic) bond motifs is 1. The standard InChI is InChI=1S/C20H22N4O3/c1-12-10-13(2)21-18-17(12)19(26)24(20(27)23(18)4)11-16(25)22-14(3)15-8-6-5-7-9-15/h5-10,14H,11H2,1-4H3,(H,22,25). The maximum atomic E-state index is 12.9. The lowest BCUT2D eigenvalue weighted by atomic mass is 10.1. The topological polar surface area (TPSA) is 86.0 Å². The molecule has 140 valence electrons. The molecule has 0 saturated heterocycles. The zero-order chi connectivity index (χ0) is 19.7. The zero-order valence-corrected chi connectivity index (χ0v) is 15.8. The number of carbonyl (C=O) groups excluding carboxylic acids is 1. The molecular weight excluding hydrogens is 344 g/mol. The minimum absolute atomic E-state index is 0.232. The number of nitrogens with zero attached hydrogens (tertiary/aromatic N) is 3. The number of hydrogen-bond acceptors (Lipinski definition) is 4. The predicted molar refractivity (Wildman–Crippen MR) is 104 cm³/mol. The fourth-order valence-electron chi connectivity index (χ4n) is 3.21. The van der Waals surface area contributed by atoms with Crippen LogP contribution in [0.15, 0.2) is 46.0 Å². The van der Waals surface area contributed by atoms with Crippen LogP contribution in [0.5, 0.6) is 0 Å². The van der Waals surface area contributed by atoms with Crippen LogP contribution in [0.3, 0.4) is 0 Å². The van der Waals surface area contributed by atoms with Crippen LogP contribution in [0, 0.1) is 13.8 Å². The Balaban J connectivity index is 1.97. The van der Waals surface area contributed by atoms with Crippen LogP contribution in [-0.2, 0) is 18.4 Å². The molecule has 1 unspecified atom stereocenters. The van der Waals surface area contributed by atoms with Gasteiger partial charge in [0.2, 0.25) is 5.91 Å². The molecule has 7 heteroatoms. The number of hydrogen-bond donors (Lipinski definition) is 1. The van der Waals surface area contributed by atoms with Crippen molar-refractivity contribution in [3.05, 3.63) is 74.1 Å². The Kier molecular flexibility index (Phi) is 4.94. The summed E-state index contributed by atoms with van der Waals surface area (Å²) in [6, 6.07) is 11.0. The van der Waals surface area contributed by atoms with E-state index in [-0.39, 0.29) is 12.6 Å². The van der Waals surface area contributed by atoms with Gasteiger partial charge in [-0.2, -0.15) is 0 Å². The molecule has 0 bridgehead atoms. The van der Waals surface area contributed by atoms with Gasteiger partial charge in [-0.15, -0.1) is 0 Å². The van der Waals surface area contributed by atoms with E-state index in [2.05, 4.69) is 10.3 Å². The largest absolute Gasteiger partial charge is 0.348 e.